The number of hydrogen-bond acceptors (Lipinski definition) is 5. The molecule has 0 bridgehead atoms. The van der Waals surface area contributed by atoms with Crippen molar-refractivity contribution >= 4 is 11.6 Å². The fourth-order valence-electron chi connectivity index (χ4n) is 2.70. The molecular weight excluding hydrogens is 282 g/mol. The number of rotatable bonds is 2. The van der Waals surface area contributed by atoms with Gasteiger partial charge in [0.25, 0.3) is 0 Å². The summed E-state index contributed by atoms with van der Waals surface area (Å²) < 4.78 is 11.6. The van der Waals surface area contributed by atoms with Crippen molar-refractivity contribution in [3.63, 3.8) is 0 Å². The average molecular weight is 300 g/mol. The molecule has 6 heteroatoms. The van der Waals surface area contributed by atoms with E-state index in [1.165, 1.54) is 0 Å². The fraction of sp³-hybridized carbons (Fsp3) is 0.571. The molecular formula is C14H18ClNO4. The van der Waals surface area contributed by atoms with Crippen LogP contribution >= 0.6 is 11.6 Å². The Labute approximate surface area is 122 Å². The zero-order chi connectivity index (χ0) is 14.3. The summed E-state index contributed by atoms with van der Waals surface area (Å²) in [5, 5.41) is 11.2. The van der Waals surface area contributed by atoms with Gasteiger partial charge < -0.3 is 14.6 Å². The van der Waals surface area contributed by atoms with E-state index in [9.17, 15) is 5.11 Å². The van der Waals surface area contributed by atoms with Crippen LogP contribution in [0, 0.1) is 0 Å². The first-order valence-electron chi connectivity index (χ1n) is 6.63. The van der Waals surface area contributed by atoms with Crippen LogP contribution in [0.15, 0.2) is 24.3 Å². The minimum Gasteiger partial charge on any atom is -0.387 e. The minimum absolute atomic E-state index is 0.182. The van der Waals surface area contributed by atoms with Crippen molar-refractivity contribution in [1.29, 1.82) is 0 Å². The van der Waals surface area contributed by atoms with E-state index in [-0.39, 0.29) is 12.2 Å². The molecule has 2 heterocycles. The van der Waals surface area contributed by atoms with Gasteiger partial charge in [-0.15, -0.1) is 0 Å². The topological polar surface area (TPSA) is 60.0 Å². The molecule has 0 spiro atoms. The van der Waals surface area contributed by atoms with Crippen molar-refractivity contribution in [3.8, 4) is 0 Å². The lowest BCUT2D eigenvalue weighted by atomic mass is 9.95. The number of aliphatic hydroxyl groups excluding tert-OH is 1. The van der Waals surface area contributed by atoms with Gasteiger partial charge in [0.1, 0.15) is 12.2 Å². The molecule has 4 unspecified atom stereocenters. The lowest BCUT2D eigenvalue weighted by Crippen LogP contribution is -2.55. The molecule has 0 aliphatic carbocycles. The molecule has 2 aliphatic heterocycles. The Bertz CT molecular complexity index is 479. The summed E-state index contributed by atoms with van der Waals surface area (Å²) in [6.07, 6.45) is -1.21. The smallest absolute Gasteiger partial charge is 0.163 e. The van der Waals surface area contributed by atoms with E-state index in [1.807, 2.05) is 13.8 Å². The normalized spacial score (nSPS) is 33.7. The Balaban J connectivity index is 1.80. The number of nitrogens with one attached hydrogen (secondary N) is 1. The van der Waals surface area contributed by atoms with Gasteiger partial charge >= 0.3 is 0 Å². The van der Waals surface area contributed by atoms with Gasteiger partial charge in [0.2, 0.25) is 0 Å². The van der Waals surface area contributed by atoms with Gasteiger partial charge in [-0.2, -0.15) is 5.48 Å². The number of benzene rings is 1. The summed E-state index contributed by atoms with van der Waals surface area (Å²) in [5.41, 5.74) is 3.61. The number of ether oxygens (including phenoxy) is 2. The Morgan fingerprint density at radius 3 is 2.70 bits per heavy atom. The number of halogens is 1. The molecule has 2 saturated heterocycles. The van der Waals surface area contributed by atoms with Crippen molar-refractivity contribution < 1.29 is 19.4 Å². The van der Waals surface area contributed by atoms with Crippen molar-refractivity contribution in [2.24, 2.45) is 0 Å². The quantitative estimate of drug-likeness (QED) is 0.872. The Kier molecular flexibility index (Phi) is 3.75. The van der Waals surface area contributed by atoms with Gasteiger partial charge in [-0.25, -0.2) is 0 Å². The van der Waals surface area contributed by atoms with Crippen LogP contribution < -0.4 is 5.48 Å². The summed E-state index contributed by atoms with van der Waals surface area (Å²) >= 11 is 5.86. The second-order valence-electron chi connectivity index (χ2n) is 5.59. The van der Waals surface area contributed by atoms with E-state index in [0.29, 0.717) is 11.6 Å². The van der Waals surface area contributed by atoms with E-state index in [2.05, 4.69) is 5.48 Å². The highest BCUT2D eigenvalue weighted by atomic mass is 35.5. The van der Waals surface area contributed by atoms with Gasteiger partial charge in [-0.05, 0) is 31.5 Å². The second kappa shape index (κ2) is 5.26. The van der Waals surface area contributed by atoms with Crippen molar-refractivity contribution in [2.75, 3.05) is 6.61 Å². The molecule has 0 amide bonds. The van der Waals surface area contributed by atoms with Crippen molar-refractivity contribution in [3.05, 3.63) is 34.9 Å². The van der Waals surface area contributed by atoms with Crippen LogP contribution in [0.2, 0.25) is 5.02 Å². The highest BCUT2D eigenvalue weighted by molar-refractivity contribution is 6.30. The predicted molar refractivity (Wildman–Crippen MR) is 73.1 cm³/mol. The molecule has 2 N–H and O–H groups in total. The van der Waals surface area contributed by atoms with E-state index in [1.54, 1.807) is 24.3 Å². The molecule has 1 aromatic rings. The zero-order valence-electron chi connectivity index (χ0n) is 11.4. The molecule has 1 aromatic carbocycles. The van der Waals surface area contributed by atoms with Crippen LogP contribution in [0.1, 0.15) is 25.5 Å². The Hall–Kier alpha value is -0.690. The first kappa shape index (κ1) is 14.3. The molecule has 4 atom stereocenters. The lowest BCUT2D eigenvalue weighted by molar-refractivity contribution is -0.148. The standard InChI is InChI=1S/C14H18ClNO4/c1-14(2)19-10-7-18-16-11(13(10)20-14)12(17)8-3-5-9(15)6-4-8/h3-6,10-13,16-17H,7H2,1-2H3. The molecule has 2 fully saturated rings. The predicted octanol–water partition coefficient (Wildman–Crippen LogP) is 1.80. The highest BCUT2D eigenvalue weighted by Gasteiger charge is 2.49. The number of hydroxylamine groups is 1. The monoisotopic (exact) mass is 299 g/mol. The van der Waals surface area contributed by atoms with Crippen molar-refractivity contribution in [2.45, 2.75) is 44.0 Å². The SMILES string of the molecule is CC1(C)OC2CONC(C(O)c3ccc(Cl)cc3)C2O1. The largest absolute Gasteiger partial charge is 0.387 e. The van der Waals surface area contributed by atoms with Crippen LogP contribution in [0.5, 0.6) is 0 Å². The minimum atomic E-state index is -0.766. The van der Waals surface area contributed by atoms with E-state index in [4.69, 9.17) is 25.9 Å². The average Bonchev–Trinajstić information content (AvgIpc) is 2.72. The van der Waals surface area contributed by atoms with E-state index >= 15 is 0 Å². The first-order chi connectivity index (χ1) is 9.46. The maximum absolute atomic E-state index is 10.5. The molecule has 2 aliphatic rings. The van der Waals surface area contributed by atoms with Crippen LogP contribution in [0.3, 0.4) is 0 Å². The third-order valence-corrected chi connectivity index (χ3v) is 3.85. The summed E-state index contributed by atoms with van der Waals surface area (Å²) in [5.74, 6) is -0.664. The summed E-state index contributed by atoms with van der Waals surface area (Å²) in [6.45, 7) is 4.12. The van der Waals surface area contributed by atoms with Gasteiger partial charge in [-0.1, -0.05) is 23.7 Å². The first-order valence-corrected chi connectivity index (χ1v) is 7.00. The number of fused-ring (bicyclic) bond motifs is 1. The van der Waals surface area contributed by atoms with E-state index in [0.717, 1.165) is 5.56 Å². The zero-order valence-corrected chi connectivity index (χ0v) is 12.1. The van der Waals surface area contributed by atoms with Crippen molar-refractivity contribution in [1.82, 2.24) is 5.48 Å². The highest BCUT2D eigenvalue weighted by Crippen LogP contribution is 2.35. The fourth-order valence-corrected chi connectivity index (χ4v) is 2.83. The van der Waals surface area contributed by atoms with E-state index < -0.39 is 17.9 Å². The van der Waals surface area contributed by atoms with Crippen LogP contribution in [-0.4, -0.2) is 35.8 Å². The van der Waals surface area contributed by atoms with Crippen LogP contribution in [0.25, 0.3) is 0 Å². The summed E-state index contributed by atoms with van der Waals surface area (Å²) in [4.78, 5) is 5.31. The van der Waals surface area contributed by atoms with Crippen LogP contribution in [0.4, 0.5) is 0 Å². The lowest BCUT2D eigenvalue weighted by Gasteiger charge is -2.34. The summed E-state index contributed by atoms with van der Waals surface area (Å²) in [7, 11) is 0. The molecule has 20 heavy (non-hydrogen) atoms. The molecule has 0 aromatic heterocycles. The number of hydrogen-bond donors (Lipinski definition) is 2. The van der Waals surface area contributed by atoms with Gasteiger partial charge in [0.05, 0.1) is 18.8 Å². The molecule has 110 valence electrons. The Morgan fingerprint density at radius 2 is 2.00 bits per heavy atom. The molecule has 0 saturated carbocycles. The molecule has 5 nitrogen and oxygen atoms in total. The molecule has 0 radical (unpaired) electrons. The van der Waals surface area contributed by atoms with Gasteiger partial charge in [0.15, 0.2) is 5.79 Å². The van der Waals surface area contributed by atoms with Crippen LogP contribution in [-0.2, 0) is 14.3 Å². The maximum atomic E-state index is 10.5. The Morgan fingerprint density at radius 1 is 1.30 bits per heavy atom. The van der Waals surface area contributed by atoms with Gasteiger partial charge in [-0.3, -0.25) is 4.84 Å². The number of aliphatic hydroxyl groups is 1. The second-order valence-corrected chi connectivity index (χ2v) is 6.03. The third kappa shape index (κ3) is 2.70. The van der Waals surface area contributed by atoms with Gasteiger partial charge in [0, 0.05) is 5.02 Å². The molecule has 3 rings (SSSR count). The maximum Gasteiger partial charge on any atom is 0.163 e. The summed E-state index contributed by atoms with van der Waals surface area (Å²) in [6, 6.07) is 6.68. The third-order valence-electron chi connectivity index (χ3n) is 3.59.